The van der Waals surface area contributed by atoms with Gasteiger partial charge in [-0.3, -0.25) is 4.79 Å². The van der Waals surface area contributed by atoms with Crippen LogP contribution < -0.4 is 10.9 Å². The van der Waals surface area contributed by atoms with Crippen LogP contribution in [0.15, 0.2) is 76.3 Å². The highest BCUT2D eigenvalue weighted by atomic mass is 79.9. The van der Waals surface area contributed by atoms with Gasteiger partial charge in [-0.15, -0.1) is 0 Å². The van der Waals surface area contributed by atoms with E-state index in [1.54, 1.807) is 30.5 Å². The largest absolute Gasteiger partial charge is 0.458 e. The molecule has 1 N–H and O–H groups in total. The third-order valence-corrected chi connectivity index (χ3v) is 4.73. The van der Waals surface area contributed by atoms with Crippen molar-refractivity contribution in [3.8, 4) is 17.3 Å². The normalized spacial score (nSPS) is 15.3. The molecule has 0 radical (unpaired) electrons. The van der Waals surface area contributed by atoms with E-state index >= 15 is 0 Å². The smallest absolute Gasteiger partial charge is 0.267 e. The van der Waals surface area contributed by atoms with Crippen molar-refractivity contribution < 1.29 is 4.74 Å². The second kappa shape index (κ2) is 7.71. The maximum atomic E-state index is 12.3. The number of hydrogen-bond donors (Lipinski definition) is 1. The van der Waals surface area contributed by atoms with Gasteiger partial charge in [-0.25, -0.2) is 4.68 Å². The van der Waals surface area contributed by atoms with Crippen LogP contribution in [-0.4, -0.2) is 9.78 Å². The molecule has 7 heteroatoms. The zero-order chi connectivity index (χ0) is 19.5. The van der Waals surface area contributed by atoms with Gasteiger partial charge in [0, 0.05) is 23.4 Å². The van der Waals surface area contributed by atoms with Gasteiger partial charge in [0.05, 0.1) is 23.9 Å². The van der Waals surface area contributed by atoms with Crippen LogP contribution in [0.5, 0.6) is 0 Å². The summed E-state index contributed by atoms with van der Waals surface area (Å²) in [5.41, 5.74) is 3.68. The lowest BCUT2D eigenvalue weighted by molar-refractivity contribution is 0.149. The third-order valence-electron chi connectivity index (χ3n) is 4.32. The highest BCUT2D eigenvalue weighted by molar-refractivity contribution is 9.11. The number of hydrogen-bond acceptors (Lipinski definition) is 5. The molecule has 1 unspecified atom stereocenters. The molecule has 2 heterocycles. The van der Waals surface area contributed by atoms with E-state index in [9.17, 15) is 4.79 Å². The molecule has 2 aromatic carbocycles. The van der Waals surface area contributed by atoms with Crippen LogP contribution in [0.1, 0.15) is 22.9 Å². The van der Waals surface area contributed by atoms with E-state index in [1.807, 2.05) is 30.3 Å². The van der Waals surface area contributed by atoms with Crippen LogP contribution in [0.25, 0.3) is 11.3 Å². The van der Waals surface area contributed by atoms with Crippen molar-refractivity contribution in [2.75, 3.05) is 0 Å². The predicted molar refractivity (Wildman–Crippen MR) is 108 cm³/mol. The molecule has 0 fully saturated rings. The van der Waals surface area contributed by atoms with Crippen molar-refractivity contribution in [2.45, 2.75) is 12.8 Å². The van der Waals surface area contributed by atoms with Crippen molar-refractivity contribution in [1.82, 2.24) is 15.1 Å². The first-order chi connectivity index (χ1) is 13.6. The Morgan fingerprint density at radius 1 is 1.18 bits per heavy atom. The van der Waals surface area contributed by atoms with E-state index < -0.39 is 0 Å². The fourth-order valence-electron chi connectivity index (χ4n) is 2.98. The van der Waals surface area contributed by atoms with Crippen molar-refractivity contribution in [1.29, 1.82) is 5.26 Å². The monoisotopic (exact) mass is 434 g/mol. The minimum atomic E-state index is -0.265. The highest BCUT2D eigenvalue weighted by Crippen LogP contribution is 2.26. The molecule has 1 aromatic heterocycles. The van der Waals surface area contributed by atoms with Gasteiger partial charge in [0.15, 0.2) is 10.9 Å². The Bertz CT molecular complexity index is 1160. The topological polar surface area (TPSA) is 79.9 Å². The molecule has 1 aliphatic rings. The second-order valence-corrected chi connectivity index (χ2v) is 7.05. The van der Waals surface area contributed by atoms with Crippen molar-refractivity contribution >= 4 is 15.9 Å². The fourth-order valence-corrected chi connectivity index (χ4v) is 3.30. The molecule has 0 aliphatic carbocycles. The van der Waals surface area contributed by atoms with Gasteiger partial charge in [-0.05, 0) is 45.8 Å². The van der Waals surface area contributed by atoms with E-state index in [2.05, 4.69) is 32.4 Å². The zero-order valence-electron chi connectivity index (χ0n) is 14.7. The number of nitrogens with one attached hydrogen (secondary N) is 1. The Hall–Kier alpha value is -3.37. The lowest BCUT2D eigenvalue weighted by atomic mass is 10.1. The number of nitrogens with zero attached hydrogens (tertiary/aromatic N) is 3. The molecular weight excluding hydrogens is 420 g/mol. The number of rotatable bonds is 4. The van der Waals surface area contributed by atoms with E-state index in [0.29, 0.717) is 22.5 Å². The van der Waals surface area contributed by atoms with Crippen LogP contribution in [0.2, 0.25) is 0 Å². The first kappa shape index (κ1) is 18.0. The molecule has 1 atom stereocenters. The van der Waals surface area contributed by atoms with Crippen molar-refractivity contribution in [2.24, 2.45) is 0 Å². The predicted octanol–water partition coefficient (Wildman–Crippen LogP) is 3.64. The lowest BCUT2D eigenvalue weighted by Gasteiger charge is -2.14. The summed E-state index contributed by atoms with van der Waals surface area (Å²) in [5, 5.41) is 16.7. The SMILES string of the molecule is N#Cc1cccc(-c2ccc(=O)n(Cc3cccc(C4NC=C(Br)O4)c3)n2)c1. The van der Waals surface area contributed by atoms with Crippen LogP contribution in [0, 0.1) is 11.3 Å². The Morgan fingerprint density at radius 2 is 2.04 bits per heavy atom. The number of benzene rings is 2. The minimum Gasteiger partial charge on any atom is -0.458 e. The average molecular weight is 435 g/mol. The van der Waals surface area contributed by atoms with Gasteiger partial charge in [-0.1, -0.05) is 30.3 Å². The Balaban J connectivity index is 1.62. The van der Waals surface area contributed by atoms with Gasteiger partial charge in [-0.2, -0.15) is 10.4 Å². The van der Waals surface area contributed by atoms with E-state index in [1.165, 1.54) is 10.7 Å². The molecular formula is C21H15BrN4O2. The standard InChI is InChI=1S/C21H15BrN4O2/c22-19-12-24-21(28-19)17-6-2-4-15(10-17)13-26-20(27)8-7-18(25-26)16-5-1-3-14(9-16)11-23/h1-10,12,21,24H,13H2. The average Bonchev–Trinajstić information content (AvgIpc) is 3.16. The second-order valence-electron chi connectivity index (χ2n) is 6.27. The number of ether oxygens (including phenoxy) is 1. The first-order valence-corrected chi connectivity index (χ1v) is 9.37. The lowest BCUT2D eigenvalue weighted by Crippen LogP contribution is -2.23. The van der Waals surface area contributed by atoms with Gasteiger partial charge >= 0.3 is 0 Å². The third kappa shape index (κ3) is 3.82. The molecule has 0 spiro atoms. The molecule has 4 rings (SSSR count). The molecule has 1 aliphatic heterocycles. The number of aromatic nitrogens is 2. The zero-order valence-corrected chi connectivity index (χ0v) is 16.3. The summed E-state index contributed by atoms with van der Waals surface area (Å²) < 4.78 is 7.70. The van der Waals surface area contributed by atoms with Crippen molar-refractivity contribution in [3.05, 3.63) is 98.6 Å². The summed E-state index contributed by atoms with van der Waals surface area (Å²) in [7, 11) is 0. The van der Waals surface area contributed by atoms with Crippen molar-refractivity contribution in [3.63, 3.8) is 0 Å². The Morgan fingerprint density at radius 3 is 2.82 bits per heavy atom. The van der Waals surface area contributed by atoms with Gasteiger partial charge in [0.1, 0.15) is 0 Å². The molecule has 6 nitrogen and oxygen atoms in total. The summed E-state index contributed by atoms with van der Waals surface area (Å²) >= 11 is 3.30. The van der Waals surface area contributed by atoms with E-state index in [0.717, 1.165) is 16.7 Å². The van der Waals surface area contributed by atoms with Crippen LogP contribution in [-0.2, 0) is 11.3 Å². The first-order valence-electron chi connectivity index (χ1n) is 8.58. The summed E-state index contributed by atoms with van der Waals surface area (Å²) in [6, 6.07) is 20.2. The molecule has 0 bridgehead atoms. The molecule has 3 aromatic rings. The molecule has 138 valence electrons. The van der Waals surface area contributed by atoms with E-state index in [-0.39, 0.29) is 11.8 Å². The number of nitriles is 1. The molecule has 0 saturated carbocycles. The Labute approximate surface area is 169 Å². The Kier molecular flexibility index (Phi) is 4.96. The van der Waals surface area contributed by atoms with Crippen LogP contribution in [0.3, 0.4) is 0 Å². The van der Waals surface area contributed by atoms with E-state index in [4.69, 9.17) is 10.00 Å². The summed E-state index contributed by atoms with van der Waals surface area (Å²) in [6.45, 7) is 0.333. The minimum absolute atomic E-state index is 0.190. The van der Waals surface area contributed by atoms with Crippen LogP contribution in [0.4, 0.5) is 0 Å². The molecule has 0 amide bonds. The van der Waals surface area contributed by atoms with Gasteiger partial charge in [0.2, 0.25) is 0 Å². The number of halogens is 1. The summed E-state index contributed by atoms with van der Waals surface area (Å²) in [4.78, 5) is 12.3. The van der Waals surface area contributed by atoms with Crippen LogP contribution >= 0.6 is 15.9 Å². The summed E-state index contributed by atoms with van der Waals surface area (Å²) in [6.07, 6.45) is 1.49. The quantitative estimate of drug-likeness (QED) is 0.677. The molecule has 0 saturated heterocycles. The molecule has 28 heavy (non-hydrogen) atoms. The van der Waals surface area contributed by atoms with Gasteiger partial charge < -0.3 is 10.1 Å². The summed E-state index contributed by atoms with van der Waals surface area (Å²) in [5.74, 6) is 0. The fraction of sp³-hybridized carbons (Fsp3) is 0.0952. The maximum Gasteiger partial charge on any atom is 0.267 e. The highest BCUT2D eigenvalue weighted by Gasteiger charge is 2.18. The maximum absolute atomic E-state index is 12.3. The van der Waals surface area contributed by atoms with Gasteiger partial charge in [0.25, 0.3) is 5.56 Å².